The van der Waals surface area contributed by atoms with Gasteiger partial charge in [0, 0.05) is 86.7 Å². The van der Waals surface area contributed by atoms with Crippen LogP contribution in [0.2, 0.25) is 0 Å². The number of nitrogens with one attached hydrogen (secondary N) is 3. The van der Waals surface area contributed by atoms with Crippen LogP contribution < -0.4 is 44.9 Å². The van der Waals surface area contributed by atoms with E-state index in [1.165, 1.54) is 128 Å². The first-order valence-electron chi connectivity index (χ1n) is 43.0. The average Bonchev–Trinajstić information content (AvgIpc) is 0.483. The SMILES string of the molecule is [B]Cc1c(C(=O)OCCS(=O)(=O)[O-])c(C[B])c(N(C)C(C)=O)c(C[B])c1N(C)C(C)=O.[B]Cc1c(NC(C)=O)c(C[B])c(C(=O)OCCS(=O)(=O)[O-])c(C[B])c1NC(C)=O.[B]Cc1c(NC(C)=O)c(C[B])c(N(C)C(C)=O)c(C[B])c1C(=O)OCCS(=O)(=O)[O-].[B]Cc1ccc(C(=O)OCCS(=O)(=O)[O-])c(OC(C)=O)c1.[B]Cc1ccc(C(=O)OCCS(=O)(=O)[O-])c(OC)c1.[B]Cc1ccc(C(=O)OCCS(=O)(=O)[O-])cc1OC. The number of anilines is 6. The third-order valence-corrected chi connectivity index (χ3v) is 23.7. The first kappa shape index (κ1) is 135. The number of rotatable bonds is 45. The molecule has 0 aromatic heterocycles. The lowest BCUT2D eigenvalue weighted by Crippen LogP contribution is -2.32. The molecule has 149 heavy (non-hydrogen) atoms. The number of nitrogens with zero attached hydrogens (tertiary/aromatic N) is 3. The van der Waals surface area contributed by atoms with Gasteiger partial charge in [0.2, 0.25) is 35.4 Å². The fourth-order valence-corrected chi connectivity index (χ4v) is 14.7. The van der Waals surface area contributed by atoms with E-state index < -0.39 is 212 Å². The second kappa shape index (κ2) is 63.4. The molecule has 0 saturated carbocycles. The standard InChI is InChI=1S/C18H23B3N2O7S.C17H21B3N2O7S.C16H19B3N2O7S.C12H13BO7S.2C11H13BO6S/c1-10(24)22(3)16-12(7-19)15(18(26)30-5-6-31(27,28)29)13(8-20)17(14(16)9-21)23(4)11(2)25;1-9(23)21-15-11(6-18)14(17(25)29-4-5-30(26,27)28)12(7-19)16(13(15)8-20)22(3)10(2)24;1-8(22)20-14-10(5-17)13(16(24)28-3-4-29(25,26)27)11(6-18)15(12(14)7-19)21-9(2)23;1-8(14)20-11-6-9(7-13)2-3-10(11)12(15)19-4-5-21(16,17)18;1-17-10-6-8(2-3-9(10)7-12)11(13)18-4-5-19(14,15)16;1-17-10-6-8(7-12)2-3-9(10)11(13)18-4-5-19(14,15)16/h5-9H2,1-4H3,(H,27,28,29);4-8H2,1-3H3,(H,21,23)(H,26,27,28);3-7H2,1-2H3,(H,20,22)(H,21,23)(H,25,26,27);2-3,6H,4-5,7H2,1H3,(H,16,17,18);2*2-3,6H,4-5,7H2,1H3,(H,14,15,16)/p-6. The quantitative estimate of drug-likeness (QED) is 0.0124. The first-order chi connectivity index (χ1) is 69.1. The Morgan fingerprint density at radius 2 is 0.544 bits per heavy atom. The van der Waals surface area contributed by atoms with Crippen LogP contribution in [0.1, 0.15) is 177 Å². The van der Waals surface area contributed by atoms with Crippen molar-refractivity contribution in [2.24, 2.45) is 0 Å². The highest BCUT2D eigenvalue weighted by atomic mass is 32.2. The number of hydrogen-bond acceptors (Lipinski definition) is 40. The monoisotopic (exact) mass is 2160 g/mol. The van der Waals surface area contributed by atoms with Gasteiger partial charge >= 0.3 is 41.8 Å². The molecule has 0 fully saturated rings. The van der Waals surface area contributed by atoms with E-state index in [1.807, 2.05) is 0 Å². The van der Waals surface area contributed by atoms with E-state index in [4.69, 9.17) is 127 Å². The van der Waals surface area contributed by atoms with Gasteiger partial charge in [0.15, 0.2) is 0 Å². The highest BCUT2D eigenvalue weighted by Gasteiger charge is 2.34. The molecule has 6 amide bonds. The van der Waals surface area contributed by atoms with Crippen LogP contribution in [0.5, 0.6) is 17.2 Å². The Kier molecular flexibility index (Phi) is 57.6. The molecule has 0 heterocycles. The zero-order chi connectivity index (χ0) is 115. The Labute approximate surface area is 879 Å². The van der Waals surface area contributed by atoms with Crippen molar-refractivity contribution in [1.82, 2.24) is 0 Å². The van der Waals surface area contributed by atoms with Crippen molar-refractivity contribution in [2.75, 3.05) is 140 Å². The molecule has 64 heteroatoms. The molecule has 0 atom stereocenters. The summed E-state index contributed by atoms with van der Waals surface area (Å²) in [5.74, 6) is -13.1. The molecule has 0 bridgehead atoms. The number of hydrogen-bond donors (Lipinski definition) is 3. The predicted molar refractivity (Wildman–Crippen MR) is 546 cm³/mol. The summed E-state index contributed by atoms with van der Waals surface area (Å²) in [7, 11) is 49.2. The Bertz CT molecular complexity index is 6500. The molecule has 0 unspecified atom stereocenters. The molecule has 24 radical (unpaired) electrons. The lowest BCUT2D eigenvalue weighted by Gasteiger charge is -2.32. The largest absolute Gasteiger partial charge is 0.748 e. The predicted octanol–water partition coefficient (Wildman–Crippen LogP) is -1.88. The second-order valence-corrected chi connectivity index (χ2v) is 39.3. The van der Waals surface area contributed by atoms with Crippen molar-refractivity contribution in [2.45, 2.75) is 124 Å². The normalized spacial score (nSPS) is 11.0. The molecule has 6 rings (SSSR count). The molecule has 0 aliphatic rings. The van der Waals surface area contributed by atoms with E-state index in [9.17, 15) is 140 Å². The second-order valence-electron chi connectivity index (χ2n) is 30.2. The van der Waals surface area contributed by atoms with Crippen molar-refractivity contribution in [3.63, 3.8) is 0 Å². The summed E-state index contributed by atoms with van der Waals surface area (Å²) in [4.78, 5) is 160. The van der Waals surface area contributed by atoms with Gasteiger partial charge in [-0.15, -0.1) is 0 Å². The van der Waals surface area contributed by atoms with Gasteiger partial charge < -0.3 is 101 Å². The zero-order valence-electron chi connectivity index (χ0n) is 82.7. The minimum Gasteiger partial charge on any atom is -0.748 e. The van der Waals surface area contributed by atoms with Crippen molar-refractivity contribution < 1.29 is 183 Å². The van der Waals surface area contributed by atoms with Crippen LogP contribution in [0.25, 0.3) is 0 Å². The van der Waals surface area contributed by atoms with E-state index in [2.05, 4.69) is 25.4 Å². The fraction of sp³-hybridized carbons (Fsp3) is 0.424. The highest BCUT2D eigenvalue weighted by molar-refractivity contribution is 7.86. The molecule has 0 saturated heterocycles. The lowest BCUT2D eigenvalue weighted by molar-refractivity contribution is -0.132. The van der Waals surface area contributed by atoms with Gasteiger partial charge in [-0.3, -0.25) is 33.6 Å². The van der Waals surface area contributed by atoms with E-state index in [1.54, 1.807) is 18.2 Å². The van der Waals surface area contributed by atoms with E-state index >= 15 is 0 Å². The van der Waals surface area contributed by atoms with Crippen LogP contribution in [0.15, 0.2) is 54.6 Å². The van der Waals surface area contributed by atoms with Gasteiger partial charge in [0.25, 0.3) is 0 Å². The van der Waals surface area contributed by atoms with E-state index in [-0.39, 0.29) is 182 Å². The topological polar surface area (TPSA) is 694 Å². The zero-order valence-corrected chi connectivity index (χ0v) is 87.6. The van der Waals surface area contributed by atoms with Gasteiger partial charge in [-0.05, 0) is 92.0 Å². The van der Waals surface area contributed by atoms with Gasteiger partial charge in [-0.25, -0.2) is 79.3 Å². The van der Waals surface area contributed by atoms with Crippen LogP contribution in [0.3, 0.4) is 0 Å². The summed E-state index contributed by atoms with van der Waals surface area (Å²) in [5, 5.41) is 7.65. The molecular weight excluding hydrogens is 2070 g/mol. The number of carbonyl (C=O) groups is 13. The molecule has 6 aromatic carbocycles. The summed E-state index contributed by atoms with van der Waals surface area (Å²) in [6.45, 7) is 5.11. The summed E-state index contributed by atoms with van der Waals surface area (Å²) in [6.07, 6.45) is -0.999. The molecule has 0 aliphatic heterocycles. The summed E-state index contributed by atoms with van der Waals surface area (Å²) in [6, 6.07) is 13.5. The van der Waals surface area contributed by atoms with Gasteiger partial charge in [-0.2, -0.15) is 0 Å². The Hall–Kier alpha value is -11.7. The summed E-state index contributed by atoms with van der Waals surface area (Å²) >= 11 is 0. The van der Waals surface area contributed by atoms with Crippen LogP contribution >= 0.6 is 0 Å². The number of carbonyl (C=O) groups excluding carboxylic acids is 13. The maximum absolute atomic E-state index is 12.9. The number of ether oxygens (including phenoxy) is 9. The van der Waals surface area contributed by atoms with Crippen LogP contribution in [-0.4, -0.2) is 359 Å². The molecule has 46 nitrogen and oxygen atoms in total. The first-order valence-corrected chi connectivity index (χ1v) is 52.5. The van der Waals surface area contributed by atoms with E-state index in [0.717, 1.165) is 18.1 Å². The van der Waals surface area contributed by atoms with Gasteiger partial charge in [0.05, 0.1) is 243 Å². The Balaban J connectivity index is 0.000000904. The third-order valence-electron chi connectivity index (χ3n) is 19.7. The molecule has 3 N–H and O–H groups in total. The molecule has 0 spiro atoms. The van der Waals surface area contributed by atoms with Crippen LogP contribution in [0, 0.1) is 0 Å². The van der Waals surface area contributed by atoms with Crippen LogP contribution in [-0.2, 0) is 199 Å². The smallest absolute Gasteiger partial charge is 0.341 e. The maximum atomic E-state index is 12.9. The fourth-order valence-electron chi connectivity index (χ4n) is 13.0. The van der Waals surface area contributed by atoms with Gasteiger partial charge in [0.1, 0.15) is 68.0 Å². The van der Waals surface area contributed by atoms with Crippen molar-refractivity contribution in [3.8, 4) is 17.2 Å². The number of esters is 7. The van der Waals surface area contributed by atoms with Crippen molar-refractivity contribution in [1.29, 1.82) is 0 Å². The van der Waals surface area contributed by atoms with E-state index in [0.29, 0.717) is 34.3 Å². The minimum absolute atomic E-state index is 0.0413. The third kappa shape index (κ3) is 45.1. The summed E-state index contributed by atoms with van der Waals surface area (Å²) < 4.78 is 234. The average molecular weight is 2160 g/mol. The number of benzene rings is 6. The molecule has 0 aliphatic carbocycles. The Morgan fingerprint density at radius 1 is 0.289 bits per heavy atom. The van der Waals surface area contributed by atoms with Crippen LogP contribution in [0.4, 0.5) is 34.1 Å². The summed E-state index contributed by atoms with van der Waals surface area (Å²) in [5.41, 5.74) is 5.03. The maximum Gasteiger partial charge on any atom is 0.341 e. The van der Waals surface area contributed by atoms with Crippen molar-refractivity contribution in [3.05, 3.63) is 155 Å². The highest BCUT2D eigenvalue weighted by Crippen LogP contribution is 2.43. The lowest BCUT2D eigenvalue weighted by atomic mass is 9.78. The van der Waals surface area contributed by atoms with Gasteiger partial charge in [-0.1, -0.05) is 105 Å². The Morgan fingerprint density at radius 3 is 0.799 bits per heavy atom. The molecular formula is C85H96B12N6O40S6-6. The minimum atomic E-state index is -4.61. The molecule has 6 aromatic rings. The number of amides is 6. The number of methoxy groups -OCH3 is 2. The molecule has 784 valence electrons. The van der Waals surface area contributed by atoms with Crippen molar-refractivity contribution >= 4 is 266 Å².